The summed E-state index contributed by atoms with van der Waals surface area (Å²) in [4.78, 5) is 29.1. The minimum atomic E-state index is -4.58. The average molecular weight is 571 g/mol. The fraction of sp³-hybridized carbons (Fsp3) is 0.296. The number of amides is 1. The minimum Gasteiger partial charge on any atom is -0.506 e. The molecule has 4 aromatic rings. The summed E-state index contributed by atoms with van der Waals surface area (Å²) in [6.07, 6.45) is 1.25. The predicted octanol–water partition coefficient (Wildman–Crippen LogP) is 5.33. The van der Waals surface area contributed by atoms with E-state index in [-0.39, 0.29) is 29.3 Å². The molecule has 1 amide bonds. The van der Waals surface area contributed by atoms with E-state index < -0.39 is 17.5 Å². The topological polar surface area (TPSA) is 133 Å². The van der Waals surface area contributed by atoms with Crippen molar-refractivity contribution in [2.75, 3.05) is 5.32 Å². The van der Waals surface area contributed by atoms with Gasteiger partial charge in [0.25, 0.3) is 5.91 Å². The first-order valence-electron chi connectivity index (χ1n) is 12.4. The van der Waals surface area contributed by atoms with Crippen LogP contribution in [-0.4, -0.2) is 42.1 Å². The van der Waals surface area contributed by atoms with E-state index >= 15 is 0 Å². The Hall–Kier alpha value is -4.10. The first-order valence-corrected chi connectivity index (χ1v) is 13.2. The second kappa shape index (κ2) is 10.8. The number of hydrogen-bond donors (Lipinski definition) is 4. The van der Waals surface area contributed by atoms with Gasteiger partial charge in [-0.1, -0.05) is 6.07 Å². The zero-order valence-electron chi connectivity index (χ0n) is 21.2. The number of hydrogen-bond acceptors (Lipinski definition) is 9. The van der Waals surface area contributed by atoms with Crippen molar-refractivity contribution in [3.63, 3.8) is 0 Å². The summed E-state index contributed by atoms with van der Waals surface area (Å²) in [5.74, 6) is -0.535. The number of nitrogens with zero attached hydrogens (tertiary/aromatic N) is 4. The highest BCUT2D eigenvalue weighted by Gasteiger charge is 2.38. The van der Waals surface area contributed by atoms with E-state index in [2.05, 4.69) is 30.6 Å². The summed E-state index contributed by atoms with van der Waals surface area (Å²) in [6.45, 7) is 1.86. The van der Waals surface area contributed by atoms with E-state index in [1.165, 1.54) is 29.7 Å². The van der Waals surface area contributed by atoms with E-state index in [1.807, 2.05) is 13.0 Å². The SMILES string of the molecule is Cc1cc(Nc2nccc(C(F)(F)F)n2)cc(-c2cnc([C@]3(O)CC[C@@H](NC(=O)c4ccc(O)cn4)CC3)s2)c1. The summed E-state index contributed by atoms with van der Waals surface area (Å²) in [5, 5.41) is 27.1. The molecule has 9 nitrogen and oxygen atoms in total. The molecule has 1 aromatic carbocycles. The molecule has 3 heterocycles. The van der Waals surface area contributed by atoms with E-state index in [0.29, 0.717) is 36.4 Å². The Kier molecular flexibility index (Phi) is 7.43. The smallest absolute Gasteiger partial charge is 0.433 e. The number of nitrogens with one attached hydrogen (secondary N) is 2. The lowest BCUT2D eigenvalue weighted by atomic mass is 9.82. The van der Waals surface area contributed by atoms with Crippen molar-refractivity contribution >= 4 is 28.9 Å². The lowest BCUT2D eigenvalue weighted by Gasteiger charge is -2.34. The summed E-state index contributed by atoms with van der Waals surface area (Å²) >= 11 is 1.34. The highest BCUT2D eigenvalue weighted by atomic mass is 32.1. The van der Waals surface area contributed by atoms with Gasteiger partial charge in [0.1, 0.15) is 27.7 Å². The number of aromatic hydroxyl groups is 1. The number of carbonyl (C=O) groups is 1. The van der Waals surface area contributed by atoms with Crippen LogP contribution in [0.3, 0.4) is 0 Å². The standard InChI is InChI=1S/C27H25F3N6O3S/c1-15-10-16(12-18(11-15)35-25-31-9-6-22(36-25)27(28,29)30)21-14-33-24(40-21)26(39)7-4-17(5-8-26)34-23(38)20-3-2-19(37)13-32-20/h2-3,6,9-14,17,37,39H,4-5,7-8H2,1H3,(H,34,38)(H,31,35,36)/t17-,26+. The molecular weight excluding hydrogens is 545 g/mol. The predicted molar refractivity (Wildman–Crippen MR) is 142 cm³/mol. The number of aromatic nitrogens is 4. The number of aliphatic hydroxyl groups is 1. The molecule has 208 valence electrons. The molecule has 5 rings (SSSR count). The number of carbonyl (C=O) groups excluding carboxylic acids is 1. The van der Waals surface area contributed by atoms with E-state index in [1.54, 1.807) is 18.3 Å². The van der Waals surface area contributed by atoms with Crippen molar-refractivity contribution < 1.29 is 28.2 Å². The van der Waals surface area contributed by atoms with E-state index in [0.717, 1.165) is 28.3 Å². The molecule has 40 heavy (non-hydrogen) atoms. The Morgan fingerprint density at radius 1 is 1.07 bits per heavy atom. The molecule has 1 aliphatic carbocycles. The lowest BCUT2D eigenvalue weighted by molar-refractivity contribution is -0.141. The maximum Gasteiger partial charge on any atom is 0.433 e. The first kappa shape index (κ1) is 27.5. The van der Waals surface area contributed by atoms with Crippen LogP contribution in [0.25, 0.3) is 10.4 Å². The Morgan fingerprint density at radius 3 is 2.55 bits per heavy atom. The van der Waals surface area contributed by atoms with Crippen LogP contribution in [0.2, 0.25) is 0 Å². The molecule has 4 N–H and O–H groups in total. The molecule has 1 fully saturated rings. The molecule has 0 spiro atoms. The Balaban J connectivity index is 1.26. The molecule has 13 heteroatoms. The molecule has 1 aliphatic rings. The average Bonchev–Trinajstić information content (AvgIpc) is 3.41. The number of alkyl halides is 3. The monoisotopic (exact) mass is 570 g/mol. The van der Waals surface area contributed by atoms with Gasteiger partial charge in [-0.05, 0) is 74.1 Å². The van der Waals surface area contributed by atoms with E-state index in [9.17, 15) is 28.2 Å². The molecule has 0 aliphatic heterocycles. The number of thiazole rings is 1. The van der Waals surface area contributed by atoms with Crippen molar-refractivity contribution in [1.29, 1.82) is 0 Å². The Morgan fingerprint density at radius 2 is 1.85 bits per heavy atom. The number of anilines is 2. The largest absolute Gasteiger partial charge is 0.506 e. The quantitative estimate of drug-likeness (QED) is 0.245. The van der Waals surface area contributed by atoms with Crippen LogP contribution < -0.4 is 10.6 Å². The maximum atomic E-state index is 13.0. The number of pyridine rings is 1. The van der Waals surface area contributed by atoms with Crippen molar-refractivity contribution in [2.45, 2.75) is 50.4 Å². The molecule has 0 saturated heterocycles. The van der Waals surface area contributed by atoms with Gasteiger partial charge in [-0.3, -0.25) is 4.79 Å². The summed E-state index contributed by atoms with van der Waals surface area (Å²) in [5.41, 5.74) is 0.184. The number of aryl methyl sites for hydroxylation is 1. The van der Waals surface area contributed by atoms with E-state index in [4.69, 9.17) is 0 Å². The van der Waals surface area contributed by atoms with Gasteiger partial charge in [0, 0.05) is 24.1 Å². The lowest BCUT2D eigenvalue weighted by Crippen LogP contribution is -2.42. The highest BCUT2D eigenvalue weighted by Crippen LogP contribution is 2.41. The van der Waals surface area contributed by atoms with Crippen molar-refractivity contribution in [1.82, 2.24) is 25.3 Å². The van der Waals surface area contributed by atoms with Crippen LogP contribution in [0.15, 0.2) is 55.0 Å². The zero-order chi connectivity index (χ0) is 28.5. The molecule has 0 unspecified atom stereocenters. The van der Waals surface area contributed by atoms with Gasteiger partial charge in [0.2, 0.25) is 5.95 Å². The number of halogens is 3. The Labute approximate surface area is 231 Å². The van der Waals surface area contributed by atoms with Gasteiger partial charge in [-0.15, -0.1) is 11.3 Å². The van der Waals surface area contributed by atoms with Crippen LogP contribution >= 0.6 is 11.3 Å². The minimum absolute atomic E-state index is 0.0232. The second-order valence-corrected chi connectivity index (χ2v) is 10.7. The van der Waals surface area contributed by atoms with Crippen molar-refractivity contribution in [2.24, 2.45) is 0 Å². The van der Waals surface area contributed by atoms with Crippen LogP contribution in [0.5, 0.6) is 5.75 Å². The van der Waals surface area contributed by atoms with Crippen LogP contribution in [0.4, 0.5) is 24.8 Å². The van der Waals surface area contributed by atoms with Crippen LogP contribution in [0, 0.1) is 6.92 Å². The third-order valence-electron chi connectivity index (χ3n) is 6.60. The third kappa shape index (κ3) is 6.20. The van der Waals surface area contributed by atoms with Gasteiger partial charge in [0.15, 0.2) is 0 Å². The Bertz CT molecular complexity index is 1520. The molecular formula is C27H25F3N6O3S. The van der Waals surface area contributed by atoms with Gasteiger partial charge in [-0.2, -0.15) is 13.2 Å². The third-order valence-corrected chi connectivity index (χ3v) is 7.84. The zero-order valence-corrected chi connectivity index (χ0v) is 22.1. The van der Waals surface area contributed by atoms with Gasteiger partial charge in [0.05, 0.1) is 11.1 Å². The highest BCUT2D eigenvalue weighted by molar-refractivity contribution is 7.15. The molecule has 0 bridgehead atoms. The summed E-state index contributed by atoms with van der Waals surface area (Å²) < 4.78 is 39.1. The van der Waals surface area contributed by atoms with Gasteiger partial charge in [-0.25, -0.2) is 19.9 Å². The fourth-order valence-electron chi connectivity index (χ4n) is 4.56. The number of benzene rings is 1. The van der Waals surface area contributed by atoms with Crippen molar-refractivity contribution in [3.8, 4) is 16.2 Å². The van der Waals surface area contributed by atoms with Crippen LogP contribution in [0.1, 0.15) is 52.4 Å². The van der Waals surface area contributed by atoms with Gasteiger partial charge < -0.3 is 20.8 Å². The summed E-state index contributed by atoms with van der Waals surface area (Å²) in [7, 11) is 0. The van der Waals surface area contributed by atoms with Crippen molar-refractivity contribution in [3.05, 3.63) is 76.9 Å². The maximum absolute atomic E-state index is 13.0. The van der Waals surface area contributed by atoms with Crippen LogP contribution in [-0.2, 0) is 11.8 Å². The van der Waals surface area contributed by atoms with Gasteiger partial charge >= 0.3 is 6.18 Å². The second-order valence-electron chi connectivity index (χ2n) is 9.69. The molecule has 0 atom stereocenters. The number of rotatable bonds is 6. The molecule has 3 aromatic heterocycles. The summed E-state index contributed by atoms with van der Waals surface area (Å²) in [6, 6.07) is 8.97. The fourth-order valence-corrected chi connectivity index (χ4v) is 5.61. The first-order chi connectivity index (χ1) is 19.0. The normalized spacial score (nSPS) is 19.3. The molecule has 0 radical (unpaired) electrons. The molecule has 1 saturated carbocycles.